The summed E-state index contributed by atoms with van der Waals surface area (Å²) in [5.74, 6) is 0.871. The molecule has 0 bridgehead atoms. The first kappa shape index (κ1) is 20.6. The van der Waals surface area contributed by atoms with E-state index < -0.39 is 7.82 Å². The number of carbonyl (C=O) groups is 1. The number of hydrogen-bond acceptors (Lipinski definition) is 5. The van der Waals surface area contributed by atoms with Gasteiger partial charge >= 0.3 is 7.82 Å². The summed E-state index contributed by atoms with van der Waals surface area (Å²) in [6.45, 7) is 2.20. The Labute approximate surface area is 166 Å². The smallest absolute Gasteiger partial charge is 0.395 e. The lowest BCUT2D eigenvalue weighted by Gasteiger charge is -2.19. The summed E-state index contributed by atoms with van der Waals surface area (Å²) in [7, 11) is -2.56. The molecular weight excluding hydrogens is 375 g/mol. The molecule has 0 amide bonds. The van der Waals surface area contributed by atoms with Gasteiger partial charge in [0, 0.05) is 24.7 Å². The van der Waals surface area contributed by atoms with Crippen LogP contribution in [0.3, 0.4) is 0 Å². The van der Waals surface area contributed by atoms with Crippen LogP contribution in [0.4, 0.5) is 0 Å². The molecule has 0 aromatic heterocycles. The van der Waals surface area contributed by atoms with Crippen LogP contribution in [0.15, 0.2) is 42.5 Å². The number of aryl methyl sites for hydroxylation is 1. The van der Waals surface area contributed by atoms with Gasteiger partial charge in [-0.25, -0.2) is 4.57 Å². The molecule has 0 aliphatic heterocycles. The molecule has 2 aromatic carbocycles. The molecule has 6 heteroatoms. The second-order valence-electron chi connectivity index (χ2n) is 6.97. The minimum atomic E-state index is -3.85. The van der Waals surface area contributed by atoms with E-state index in [9.17, 15) is 9.36 Å². The number of phosphoric acid groups is 1. The third-order valence-electron chi connectivity index (χ3n) is 4.93. The standard InChI is InChI=1S/C22H27O5P/c1-3-4-5-6-8-17-11-13-18(14-12-17)26-28(24,25-2)27-22-10-7-9-19-20(22)15-16-21(19)23/h7,9-14H,3-6,8,15-16H2,1-2H3. The highest BCUT2D eigenvalue weighted by molar-refractivity contribution is 7.49. The van der Waals surface area contributed by atoms with Crippen LogP contribution < -0.4 is 9.05 Å². The first-order chi connectivity index (χ1) is 13.5. The van der Waals surface area contributed by atoms with E-state index in [0.717, 1.165) is 18.4 Å². The highest BCUT2D eigenvalue weighted by atomic mass is 31.2. The van der Waals surface area contributed by atoms with Crippen molar-refractivity contribution in [3.8, 4) is 11.5 Å². The van der Waals surface area contributed by atoms with Crippen LogP contribution >= 0.6 is 7.82 Å². The predicted molar refractivity (Wildman–Crippen MR) is 109 cm³/mol. The average Bonchev–Trinajstić information content (AvgIpc) is 3.09. The third-order valence-corrected chi connectivity index (χ3v) is 6.23. The van der Waals surface area contributed by atoms with Crippen LogP contribution in [-0.2, 0) is 21.9 Å². The van der Waals surface area contributed by atoms with E-state index in [2.05, 4.69) is 6.92 Å². The van der Waals surface area contributed by atoms with Gasteiger partial charge in [0.25, 0.3) is 0 Å². The number of rotatable bonds is 10. The maximum absolute atomic E-state index is 13.0. The van der Waals surface area contributed by atoms with Gasteiger partial charge in [-0.3, -0.25) is 9.32 Å². The van der Waals surface area contributed by atoms with Crippen molar-refractivity contribution in [2.45, 2.75) is 51.9 Å². The monoisotopic (exact) mass is 402 g/mol. The number of Topliss-reactive ketones (excluding diaryl/α,β-unsaturated/α-hetero) is 1. The summed E-state index contributed by atoms with van der Waals surface area (Å²) >= 11 is 0. The number of benzene rings is 2. The van der Waals surface area contributed by atoms with E-state index in [-0.39, 0.29) is 5.78 Å². The molecule has 0 fully saturated rings. The first-order valence-electron chi connectivity index (χ1n) is 9.83. The van der Waals surface area contributed by atoms with Gasteiger partial charge in [0.05, 0.1) is 0 Å². The second kappa shape index (κ2) is 9.40. The van der Waals surface area contributed by atoms with Crippen LogP contribution in [0.5, 0.6) is 11.5 Å². The zero-order chi connectivity index (χ0) is 20.0. The topological polar surface area (TPSA) is 61.8 Å². The molecule has 0 radical (unpaired) electrons. The Morgan fingerprint density at radius 1 is 0.964 bits per heavy atom. The van der Waals surface area contributed by atoms with Crippen LogP contribution in [-0.4, -0.2) is 12.9 Å². The molecule has 1 atom stereocenters. The Morgan fingerprint density at radius 3 is 2.46 bits per heavy atom. The SMILES string of the molecule is CCCCCCc1ccc(OP(=O)(OC)Oc2cccc3c2CCC3=O)cc1. The van der Waals surface area contributed by atoms with Crippen molar-refractivity contribution in [1.29, 1.82) is 0 Å². The molecule has 0 spiro atoms. The van der Waals surface area contributed by atoms with E-state index >= 15 is 0 Å². The Morgan fingerprint density at radius 2 is 1.75 bits per heavy atom. The molecular formula is C22H27O5P. The van der Waals surface area contributed by atoms with Crippen LogP contribution in [0, 0.1) is 0 Å². The number of unbranched alkanes of at least 4 members (excludes halogenated alkanes) is 3. The van der Waals surface area contributed by atoms with Crippen molar-refractivity contribution < 1.29 is 22.9 Å². The summed E-state index contributed by atoms with van der Waals surface area (Å²) in [6, 6.07) is 12.7. The van der Waals surface area contributed by atoms with Gasteiger partial charge < -0.3 is 9.05 Å². The number of hydrogen-bond donors (Lipinski definition) is 0. The third kappa shape index (κ3) is 5.03. The molecule has 1 aliphatic rings. The van der Waals surface area contributed by atoms with Gasteiger partial charge in [-0.15, -0.1) is 0 Å². The van der Waals surface area contributed by atoms with Gasteiger partial charge in [0.15, 0.2) is 5.78 Å². The molecule has 28 heavy (non-hydrogen) atoms. The van der Waals surface area contributed by atoms with Crippen LogP contribution in [0.2, 0.25) is 0 Å². The fourth-order valence-electron chi connectivity index (χ4n) is 3.36. The summed E-state index contributed by atoms with van der Waals surface area (Å²) in [4.78, 5) is 11.9. The van der Waals surface area contributed by atoms with E-state index in [0.29, 0.717) is 29.9 Å². The maximum Gasteiger partial charge on any atom is 0.587 e. The molecule has 5 nitrogen and oxygen atoms in total. The Kier molecular flexibility index (Phi) is 6.93. The van der Waals surface area contributed by atoms with Gasteiger partial charge in [0.1, 0.15) is 11.5 Å². The number of fused-ring (bicyclic) bond motifs is 1. The lowest BCUT2D eigenvalue weighted by Crippen LogP contribution is -2.04. The summed E-state index contributed by atoms with van der Waals surface area (Å²) in [5, 5.41) is 0. The molecule has 0 saturated heterocycles. The van der Waals surface area contributed by atoms with E-state index in [4.69, 9.17) is 13.6 Å². The van der Waals surface area contributed by atoms with Crippen LogP contribution in [0.25, 0.3) is 0 Å². The molecule has 1 aliphatic carbocycles. The molecule has 0 N–H and O–H groups in total. The van der Waals surface area contributed by atoms with Crippen molar-refractivity contribution in [1.82, 2.24) is 0 Å². The Balaban J connectivity index is 1.67. The number of ketones is 1. The van der Waals surface area contributed by atoms with Crippen LogP contribution in [0.1, 0.15) is 60.5 Å². The molecule has 2 aromatic rings. The van der Waals surface area contributed by atoms with Crippen molar-refractivity contribution >= 4 is 13.6 Å². The lowest BCUT2D eigenvalue weighted by molar-refractivity contribution is 0.0994. The minimum Gasteiger partial charge on any atom is -0.395 e. The Bertz CT molecular complexity index is 860. The maximum atomic E-state index is 13.0. The highest BCUT2D eigenvalue weighted by Gasteiger charge is 2.32. The number of phosphoric ester groups is 1. The van der Waals surface area contributed by atoms with E-state index in [1.54, 1.807) is 30.3 Å². The van der Waals surface area contributed by atoms with Gasteiger partial charge in [-0.05, 0) is 43.0 Å². The largest absolute Gasteiger partial charge is 0.587 e. The predicted octanol–water partition coefficient (Wildman–Crippen LogP) is 6.15. The summed E-state index contributed by atoms with van der Waals surface area (Å²) in [5.41, 5.74) is 2.60. The zero-order valence-electron chi connectivity index (χ0n) is 16.5. The second-order valence-corrected chi connectivity index (χ2v) is 8.60. The van der Waals surface area contributed by atoms with Gasteiger partial charge in [-0.2, -0.15) is 0 Å². The first-order valence-corrected chi connectivity index (χ1v) is 11.3. The number of carbonyl (C=O) groups excluding carboxylic acids is 1. The normalized spacial score (nSPS) is 15.1. The highest BCUT2D eigenvalue weighted by Crippen LogP contribution is 2.50. The van der Waals surface area contributed by atoms with Gasteiger partial charge in [0.2, 0.25) is 0 Å². The molecule has 0 saturated carbocycles. The minimum absolute atomic E-state index is 0.0724. The molecule has 1 unspecified atom stereocenters. The fraction of sp³-hybridized carbons (Fsp3) is 0.409. The average molecular weight is 402 g/mol. The Hall–Kier alpha value is -2.10. The van der Waals surface area contributed by atoms with Gasteiger partial charge in [-0.1, -0.05) is 50.5 Å². The summed E-state index contributed by atoms with van der Waals surface area (Å²) in [6.07, 6.45) is 6.89. The zero-order valence-corrected chi connectivity index (χ0v) is 17.4. The quantitative estimate of drug-likeness (QED) is 0.352. The molecule has 150 valence electrons. The summed E-state index contributed by atoms with van der Waals surface area (Å²) < 4.78 is 29.3. The fourth-order valence-corrected chi connectivity index (χ4v) is 4.34. The van der Waals surface area contributed by atoms with Crippen molar-refractivity contribution in [3.63, 3.8) is 0 Å². The van der Waals surface area contributed by atoms with E-state index in [1.165, 1.54) is 31.9 Å². The lowest BCUT2D eigenvalue weighted by atomic mass is 10.1. The van der Waals surface area contributed by atoms with Crippen molar-refractivity contribution in [2.75, 3.05) is 7.11 Å². The van der Waals surface area contributed by atoms with E-state index in [1.807, 2.05) is 12.1 Å². The van der Waals surface area contributed by atoms with Crippen molar-refractivity contribution in [2.24, 2.45) is 0 Å². The van der Waals surface area contributed by atoms with Crippen molar-refractivity contribution in [3.05, 3.63) is 59.2 Å². The molecule has 0 heterocycles. The molecule has 3 rings (SSSR count).